The second kappa shape index (κ2) is 5.50. The van der Waals surface area contributed by atoms with Crippen molar-refractivity contribution in [3.05, 3.63) is 68.8 Å². The summed E-state index contributed by atoms with van der Waals surface area (Å²) < 4.78 is 0. The van der Waals surface area contributed by atoms with Crippen molar-refractivity contribution in [1.29, 1.82) is 0 Å². The summed E-state index contributed by atoms with van der Waals surface area (Å²) in [5.41, 5.74) is 3.65. The molecular formula is C18H18N2O3. The molecule has 0 radical (unpaired) electrons. The maximum absolute atomic E-state index is 13.0. The first kappa shape index (κ1) is 15.2. The van der Waals surface area contributed by atoms with Crippen LogP contribution in [0.25, 0.3) is 0 Å². The lowest BCUT2D eigenvalue weighted by atomic mass is 10.0. The molecule has 1 aliphatic rings. The Hall–Kier alpha value is -2.69. The summed E-state index contributed by atoms with van der Waals surface area (Å²) >= 11 is 0. The van der Waals surface area contributed by atoms with Crippen LogP contribution in [-0.4, -0.2) is 16.9 Å². The lowest BCUT2D eigenvalue weighted by molar-refractivity contribution is -0.385. The van der Waals surface area contributed by atoms with Gasteiger partial charge < -0.3 is 4.90 Å². The average molecular weight is 310 g/mol. The van der Waals surface area contributed by atoms with Crippen molar-refractivity contribution in [3.8, 4) is 0 Å². The predicted molar refractivity (Wildman–Crippen MR) is 89.0 cm³/mol. The van der Waals surface area contributed by atoms with E-state index in [2.05, 4.69) is 0 Å². The molecular weight excluding hydrogens is 292 g/mol. The number of amides is 1. The molecule has 0 saturated carbocycles. The molecule has 118 valence electrons. The molecule has 5 heteroatoms. The van der Waals surface area contributed by atoms with Crippen LogP contribution in [0.1, 0.15) is 34.0 Å². The highest BCUT2D eigenvalue weighted by Crippen LogP contribution is 2.35. The summed E-state index contributed by atoms with van der Waals surface area (Å²) in [4.78, 5) is 25.6. The second-order valence-electron chi connectivity index (χ2n) is 6.07. The molecule has 0 N–H and O–H groups in total. The number of nitrogens with zero attached hydrogens (tertiary/aromatic N) is 2. The van der Waals surface area contributed by atoms with E-state index in [0.29, 0.717) is 0 Å². The highest BCUT2D eigenvalue weighted by Gasteiger charge is 2.34. The van der Waals surface area contributed by atoms with E-state index in [1.807, 2.05) is 45.0 Å². The first-order valence-corrected chi connectivity index (χ1v) is 7.57. The standard InChI is InChI=1S/C18H18N2O3/c1-11-8-15(17(20(22)23)9-12(11)2)18(21)19-13(3)10-14-6-4-5-7-16(14)19/h4-9,13H,10H2,1-3H3/t13-/m1/s1. The third-order valence-electron chi connectivity index (χ3n) is 4.47. The highest BCUT2D eigenvalue weighted by atomic mass is 16.6. The number of anilines is 1. The number of benzene rings is 2. The van der Waals surface area contributed by atoms with Crippen molar-refractivity contribution in [1.82, 2.24) is 0 Å². The number of fused-ring (bicyclic) bond motifs is 1. The molecule has 1 aliphatic heterocycles. The zero-order valence-electron chi connectivity index (χ0n) is 13.4. The van der Waals surface area contributed by atoms with Crippen LogP contribution in [-0.2, 0) is 6.42 Å². The van der Waals surface area contributed by atoms with E-state index in [4.69, 9.17) is 0 Å². The van der Waals surface area contributed by atoms with Crippen LogP contribution in [0.5, 0.6) is 0 Å². The number of aryl methyl sites for hydroxylation is 2. The summed E-state index contributed by atoms with van der Waals surface area (Å²) in [6.45, 7) is 5.63. The fourth-order valence-electron chi connectivity index (χ4n) is 3.13. The van der Waals surface area contributed by atoms with Crippen molar-refractivity contribution in [2.24, 2.45) is 0 Å². The zero-order chi connectivity index (χ0) is 16.7. The molecule has 23 heavy (non-hydrogen) atoms. The lowest BCUT2D eigenvalue weighted by Crippen LogP contribution is -2.36. The van der Waals surface area contributed by atoms with Crippen LogP contribution >= 0.6 is 0 Å². The molecule has 0 fully saturated rings. The Kier molecular flexibility index (Phi) is 3.64. The fraction of sp³-hybridized carbons (Fsp3) is 0.278. The van der Waals surface area contributed by atoms with Crippen LogP contribution in [0, 0.1) is 24.0 Å². The molecule has 3 rings (SSSR count). The van der Waals surface area contributed by atoms with Crippen molar-refractivity contribution < 1.29 is 9.72 Å². The van der Waals surface area contributed by atoms with E-state index in [1.165, 1.54) is 6.07 Å². The molecule has 1 heterocycles. The quantitative estimate of drug-likeness (QED) is 0.626. The molecule has 0 aliphatic carbocycles. The number of carbonyl (C=O) groups is 1. The van der Waals surface area contributed by atoms with Gasteiger partial charge in [0.25, 0.3) is 11.6 Å². The van der Waals surface area contributed by atoms with Gasteiger partial charge in [0.2, 0.25) is 0 Å². The molecule has 0 saturated heterocycles. The Bertz CT molecular complexity index is 814. The van der Waals surface area contributed by atoms with Crippen molar-refractivity contribution >= 4 is 17.3 Å². The Labute approximate surface area is 134 Å². The molecule has 0 aromatic heterocycles. The van der Waals surface area contributed by atoms with Gasteiger partial charge in [0.1, 0.15) is 5.56 Å². The minimum absolute atomic E-state index is 0.0129. The number of nitro benzene ring substituents is 1. The van der Waals surface area contributed by atoms with Crippen LogP contribution in [0.4, 0.5) is 11.4 Å². The molecule has 0 unspecified atom stereocenters. The van der Waals surface area contributed by atoms with Crippen LogP contribution < -0.4 is 4.90 Å². The Balaban J connectivity index is 2.11. The van der Waals surface area contributed by atoms with Gasteiger partial charge in [0.05, 0.1) is 4.92 Å². The van der Waals surface area contributed by atoms with Gasteiger partial charge >= 0.3 is 0 Å². The number of rotatable bonds is 2. The predicted octanol–water partition coefficient (Wildman–Crippen LogP) is 3.80. The van der Waals surface area contributed by atoms with E-state index in [0.717, 1.165) is 28.8 Å². The van der Waals surface area contributed by atoms with Gasteiger partial charge in [-0.2, -0.15) is 0 Å². The van der Waals surface area contributed by atoms with Gasteiger partial charge in [-0.25, -0.2) is 0 Å². The lowest BCUT2D eigenvalue weighted by Gasteiger charge is -2.23. The van der Waals surface area contributed by atoms with Crippen molar-refractivity contribution in [2.45, 2.75) is 33.2 Å². The monoisotopic (exact) mass is 310 g/mol. The van der Waals surface area contributed by atoms with Gasteiger partial charge in [-0.1, -0.05) is 18.2 Å². The smallest absolute Gasteiger partial charge is 0.282 e. The number of para-hydroxylation sites is 1. The summed E-state index contributed by atoms with van der Waals surface area (Å²) in [6.07, 6.45) is 0.764. The van der Waals surface area contributed by atoms with Gasteiger partial charge in [0.15, 0.2) is 0 Å². The maximum atomic E-state index is 13.0. The summed E-state index contributed by atoms with van der Waals surface area (Å²) in [6, 6.07) is 10.8. The zero-order valence-corrected chi connectivity index (χ0v) is 13.4. The molecule has 0 bridgehead atoms. The molecule has 1 atom stereocenters. The van der Waals surface area contributed by atoms with E-state index in [9.17, 15) is 14.9 Å². The van der Waals surface area contributed by atoms with E-state index < -0.39 is 4.92 Å². The second-order valence-corrected chi connectivity index (χ2v) is 6.07. The minimum atomic E-state index is -0.480. The third kappa shape index (κ3) is 2.48. The normalized spacial score (nSPS) is 16.3. The van der Waals surface area contributed by atoms with Crippen molar-refractivity contribution in [2.75, 3.05) is 4.90 Å². The van der Waals surface area contributed by atoms with Crippen LogP contribution in [0.2, 0.25) is 0 Å². The Morgan fingerprint density at radius 2 is 1.87 bits per heavy atom. The van der Waals surface area contributed by atoms with E-state index >= 15 is 0 Å². The molecule has 0 spiro atoms. The van der Waals surface area contributed by atoms with Gasteiger partial charge in [-0.15, -0.1) is 0 Å². The number of hydrogen-bond donors (Lipinski definition) is 0. The molecule has 2 aromatic rings. The largest absolute Gasteiger partial charge is 0.305 e. The molecule has 1 amide bonds. The maximum Gasteiger partial charge on any atom is 0.282 e. The van der Waals surface area contributed by atoms with Gasteiger partial charge in [-0.3, -0.25) is 14.9 Å². The first-order valence-electron chi connectivity index (χ1n) is 7.57. The minimum Gasteiger partial charge on any atom is -0.305 e. The van der Waals surface area contributed by atoms with E-state index in [1.54, 1.807) is 11.0 Å². The summed E-state index contributed by atoms with van der Waals surface area (Å²) in [5.74, 6) is -0.308. The van der Waals surface area contributed by atoms with E-state index in [-0.39, 0.29) is 23.2 Å². The summed E-state index contributed by atoms with van der Waals surface area (Å²) in [5, 5.41) is 11.4. The van der Waals surface area contributed by atoms with Gasteiger partial charge in [-0.05, 0) is 56.0 Å². The first-order chi connectivity index (χ1) is 10.9. The number of hydrogen-bond acceptors (Lipinski definition) is 3. The number of nitro groups is 1. The topological polar surface area (TPSA) is 63.5 Å². The fourth-order valence-corrected chi connectivity index (χ4v) is 3.13. The SMILES string of the molecule is Cc1cc(C(=O)N2c3ccccc3C[C@H]2C)c([N+](=O)[O-])cc1C. The Morgan fingerprint density at radius 3 is 2.57 bits per heavy atom. The van der Waals surface area contributed by atoms with Crippen LogP contribution in [0.3, 0.4) is 0 Å². The average Bonchev–Trinajstić information content (AvgIpc) is 2.84. The number of carbonyl (C=O) groups excluding carboxylic acids is 1. The Morgan fingerprint density at radius 1 is 1.22 bits per heavy atom. The highest BCUT2D eigenvalue weighted by molar-refractivity contribution is 6.10. The summed E-state index contributed by atoms with van der Waals surface area (Å²) in [7, 11) is 0. The van der Waals surface area contributed by atoms with Crippen molar-refractivity contribution in [3.63, 3.8) is 0 Å². The molecule has 5 nitrogen and oxygen atoms in total. The third-order valence-corrected chi connectivity index (χ3v) is 4.47. The van der Waals surface area contributed by atoms with Crippen LogP contribution in [0.15, 0.2) is 36.4 Å². The molecule has 2 aromatic carbocycles. The van der Waals surface area contributed by atoms with Gasteiger partial charge in [0, 0.05) is 17.8 Å².